The lowest BCUT2D eigenvalue weighted by Crippen LogP contribution is -2.33. The van der Waals surface area contributed by atoms with E-state index in [-0.39, 0.29) is 16.3 Å². The fourth-order valence-electron chi connectivity index (χ4n) is 0.773. The first kappa shape index (κ1) is 14.0. The van der Waals surface area contributed by atoms with E-state index < -0.39 is 0 Å². The quantitative estimate of drug-likeness (QED) is 0.721. The standard InChI is InChI=1S/C9H17NO2S2/c1-7(11)13-5-9(10(3)4)6-14-8(2)12/h9H,5-6H2,1-4H3. The monoisotopic (exact) mass is 235 g/mol. The molecule has 0 aromatic carbocycles. The van der Waals surface area contributed by atoms with Gasteiger partial charge in [-0.3, -0.25) is 9.59 Å². The van der Waals surface area contributed by atoms with Crippen LogP contribution in [0.15, 0.2) is 0 Å². The van der Waals surface area contributed by atoms with Crippen LogP contribution in [0.4, 0.5) is 0 Å². The highest BCUT2D eigenvalue weighted by Gasteiger charge is 2.13. The van der Waals surface area contributed by atoms with Gasteiger partial charge in [-0.1, -0.05) is 23.5 Å². The van der Waals surface area contributed by atoms with Crippen molar-refractivity contribution in [3.63, 3.8) is 0 Å². The van der Waals surface area contributed by atoms with Crippen molar-refractivity contribution in [3.05, 3.63) is 0 Å². The second kappa shape index (κ2) is 7.31. The van der Waals surface area contributed by atoms with E-state index in [0.717, 1.165) is 11.5 Å². The van der Waals surface area contributed by atoms with Gasteiger partial charge in [-0.25, -0.2) is 0 Å². The maximum absolute atomic E-state index is 10.8. The average Bonchev–Trinajstić information content (AvgIpc) is 2.02. The van der Waals surface area contributed by atoms with Gasteiger partial charge in [0, 0.05) is 31.4 Å². The van der Waals surface area contributed by atoms with Crippen LogP contribution in [0.2, 0.25) is 0 Å². The zero-order valence-corrected chi connectivity index (χ0v) is 10.7. The van der Waals surface area contributed by atoms with Crippen molar-refractivity contribution >= 4 is 33.8 Å². The Morgan fingerprint density at radius 1 is 1.07 bits per heavy atom. The summed E-state index contributed by atoms with van der Waals surface area (Å²) in [4.78, 5) is 23.6. The van der Waals surface area contributed by atoms with Crippen molar-refractivity contribution in [1.29, 1.82) is 0 Å². The number of hydrogen-bond donors (Lipinski definition) is 0. The Hall–Kier alpha value is -0.0000000000000000763. The van der Waals surface area contributed by atoms with Gasteiger partial charge in [0.25, 0.3) is 0 Å². The van der Waals surface area contributed by atoms with Gasteiger partial charge in [-0.2, -0.15) is 0 Å². The van der Waals surface area contributed by atoms with Gasteiger partial charge in [0.1, 0.15) is 0 Å². The molecule has 0 bridgehead atoms. The molecule has 0 spiro atoms. The van der Waals surface area contributed by atoms with Crippen LogP contribution >= 0.6 is 23.5 Å². The predicted molar refractivity (Wildman–Crippen MR) is 63.8 cm³/mol. The molecule has 0 aliphatic rings. The van der Waals surface area contributed by atoms with Gasteiger partial charge in [0.15, 0.2) is 10.2 Å². The van der Waals surface area contributed by atoms with E-state index in [1.165, 1.54) is 23.5 Å². The van der Waals surface area contributed by atoms with Crippen LogP contribution in [-0.2, 0) is 9.59 Å². The third-order valence-corrected chi connectivity index (χ3v) is 3.60. The van der Waals surface area contributed by atoms with E-state index >= 15 is 0 Å². The number of hydrogen-bond acceptors (Lipinski definition) is 5. The second-order valence-corrected chi connectivity index (χ2v) is 5.62. The summed E-state index contributed by atoms with van der Waals surface area (Å²) < 4.78 is 0. The highest BCUT2D eigenvalue weighted by atomic mass is 32.2. The second-order valence-electron chi connectivity index (χ2n) is 3.22. The molecule has 3 nitrogen and oxygen atoms in total. The Morgan fingerprint density at radius 3 is 1.64 bits per heavy atom. The SMILES string of the molecule is CC(=O)SCC(CSC(C)=O)N(C)C. The van der Waals surface area contributed by atoms with Crippen molar-refractivity contribution < 1.29 is 9.59 Å². The number of rotatable bonds is 5. The Balaban J connectivity index is 3.89. The summed E-state index contributed by atoms with van der Waals surface area (Å²) >= 11 is 2.63. The summed E-state index contributed by atoms with van der Waals surface area (Å²) in [5, 5.41) is 0.259. The molecular formula is C9H17NO2S2. The molecule has 5 heteroatoms. The first-order chi connectivity index (χ1) is 6.43. The third-order valence-electron chi connectivity index (χ3n) is 1.69. The molecule has 0 N–H and O–H groups in total. The van der Waals surface area contributed by atoms with Crippen LogP contribution in [-0.4, -0.2) is 46.8 Å². The first-order valence-corrected chi connectivity index (χ1v) is 6.33. The van der Waals surface area contributed by atoms with E-state index in [2.05, 4.69) is 0 Å². The maximum atomic E-state index is 10.8. The minimum Gasteiger partial charge on any atom is -0.305 e. The molecule has 0 saturated heterocycles. The van der Waals surface area contributed by atoms with E-state index in [0.29, 0.717) is 0 Å². The molecule has 0 aliphatic carbocycles. The van der Waals surface area contributed by atoms with Crippen molar-refractivity contribution in [2.45, 2.75) is 19.9 Å². The van der Waals surface area contributed by atoms with Gasteiger partial charge in [0.05, 0.1) is 0 Å². The van der Waals surface area contributed by atoms with Crippen LogP contribution < -0.4 is 0 Å². The maximum Gasteiger partial charge on any atom is 0.185 e. The molecule has 0 atom stereocenters. The summed E-state index contributed by atoms with van der Waals surface area (Å²) in [7, 11) is 3.93. The zero-order chi connectivity index (χ0) is 11.1. The molecule has 0 aromatic rings. The summed E-state index contributed by atoms with van der Waals surface area (Å²) in [5.74, 6) is 1.51. The molecule has 0 amide bonds. The number of thioether (sulfide) groups is 2. The fraction of sp³-hybridized carbons (Fsp3) is 0.778. The molecule has 0 aliphatic heterocycles. The highest BCUT2D eigenvalue weighted by Crippen LogP contribution is 2.13. The minimum atomic E-state index is 0.129. The van der Waals surface area contributed by atoms with E-state index in [4.69, 9.17) is 0 Å². The summed E-state index contributed by atoms with van der Waals surface area (Å²) in [5.41, 5.74) is 0. The van der Waals surface area contributed by atoms with Gasteiger partial charge < -0.3 is 4.90 Å². The smallest absolute Gasteiger partial charge is 0.185 e. The molecule has 0 radical (unpaired) electrons. The number of carbonyl (C=O) groups excluding carboxylic acids is 2. The molecule has 14 heavy (non-hydrogen) atoms. The molecule has 0 fully saturated rings. The van der Waals surface area contributed by atoms with Crippen molar-refractivity contribution in [3.8, 4) is 0 Å². The number of carbonyl (C=O) groups is 2. The molecule has 0 rings (SSSR count). The van der Waals surface area contributed by atoms with Crippen LogP contribution in [0, 0.1) is 0 Å². The van der Waals surface area contributed by atoms with Gasteiger partial charge in [-0.15, -0.1) is 0 Å². The summed E-state index contributed by atoms with van der Waals surface area (Å²) in [6.45, 7) is 3.13. The Bertz CT molecular complexity index is 189. The van der Waals surface area contributed by atoms with Crippen LogP contribution in [0.3, 0.4) is 0 Å². The van der Waals surface area contributed by atoms with Crippen molar-refractivity contribution in [2.75, 3.05) is 25.6 Å². The lowest BCUT2D eigenvalue weighted by atomic mass is 10.4. The first-order valence-electron chi connectivity index (χ1n) is 4.36. The van der Waals surface area contributed by atoms with Crippen LogP contribution in [0.25, 0.3) is 0 Å². The van der Waals surface area contributed by atoms with Gasteiger partial charge in [-0.05, 0) is 14.1 Å². The molecule has 0 saturated carbocycles. The van der Waals surface area contributed by atoms with Crippen LogP contribution in [0.5, 0.6) is 0 Å². The topological polar surface area (TPSA) is 37.4 Å². The predicted octanol–water partition coefficient (Wildman–Crippen LogP) is 1.48. The molecule has 82 valence electrons. The Kier molecular flexibility index (Phi) is 7.31. The Labute approximate surface area is 94.0 Å². The fourth-order valence-corrected chi connectivity index (χ4v) is 2.61. The van der Waals surface area contributed by atoms with Gasteiger partial charge in [0.2, 0.25) is 0 Å². The number of nitrogens with zero attached hydrogens (tertiary/aromatic N) is 1. The van der Waals surface area contributed by atoms with Crippen molar-refractivity contribution in [2.24, 2.45) is 0 Å². The Morgan fingerprint density at radius 2 is 1.43 bits per heavy atom. The summed E-state index contributed by atoms with van der Waals surface area (Å²) in [6, 6.07) is 0.276. The van der Waals surface area contributed by atoms with E-state index in [9.17, 15) is 9.59 Å². The van der Waals surface area contributed by atoms with Crippen LogP contribution in [0.1, 0.15) is 13.8 Å². The van der Waals surface area contributed by atoms with Crippen molar-refractivity contribution in [1.82, 2.24) is 4.90 Å². The lowest BCUT2D eigenvalue weighted by molar-refractivity contribution is -0.109. The largest absolute Gasteiger partial charge is 0.305 e. The minimum absolute atomic E-state index is 0.129. The normalized spacial score (nSPS) is 11.0. The molecule has 0 unspecified atom stereocenters. The third kappa shape index (κ3) is 7.41. The van der Waals surface area contributed by atoms with Gasteiger partial charge >= 0.3 is 0 Å². The van der Waals surface area contributed by atoms with E-state index in [1.807, 2.05) is 19.0 Å². The lowest BCUT2D eigenvalue weighted by Gasteiger charge is -2.22. The highest BCUT2D eigenvalue weighted by molar-refractivity contribution is 8.14. The van der Waals surface area contributed by atoms with E-state index in [1.54, 1.807) is 13.8 Å². The summed E-state index contributed by atoms with van der Waals surface area (Å²) in [6.07, 6.45) is 0. The zero-order valence-electron chi connectivity index (χ0n) is 9.07. The molecule has 0 heterocycles. The molecule has 0 aromatic heterocycles. The molecular weight excluding hydrogens is 218 g/mol. The average molecular weight is 235 g/mol.